The highest BCUT2D eigenvalue weighted by Crippen LogP contribution is 2.28. The lowest BCUT2D eigenvalue weighted by Crippen LogP contribution is -2.35. The largest absolute Gasteiger partial charge is 0.491 e. The van der Waals surface area contributed by atoms with Gasteiger partial charge in [0.2, 0.25) is 0 Å². The number of ether oxygens (including phenoxy) is 3. The van der Waals surface area contributed by atoms with Crippen LogP contribution in [0.15, 0.2) is 88.9 Å². The molecule has 1 fully saturated rings. The van der Waals surface area contributed by atoms with Crippen molar-refractivity contribution >= 4 is 39.5 Å². The van der Waals surface area contributed by atoms with Crippen LogP contribution in [0.1, 0.15) is 5.56 Å². The first-order chi connectivity index (χ1) is 16.6. The number of nitrogens with zero attached hydrogens (tertiary/aromatic N) is 1. The van der Waals surface area contributed by atoms with Crippen molar-refractivity contribution in [3.63, 3.8) is 0 Å². The van der Waals surface area contributed by atoms with Gasteiger partial charge in [0.25, 0.3) is 11.8 Å². The molecule has 34 heavy (non-hydrogen) atoms. The van der Waals surface area contributed by atoms with E-state index in [0.717, 1.165) is 10.2 Å². The zero-order valence-corrected chi connectivity index (χ0v) is 19.9. The predicted molar refractivity (Wildman–Crippen MR) is 132 cm³/mol. The SMILES string of the molecule is O=C1NN(c2ccccc2)C(=O)C1=Cc1cc(Br)ccc1OCCOCCOc1ccccc1. The van der Waals surface area contributed by atoms with Gasteiger partial charge in [0.05, 0.1) is 18.9 Å². The summed E-state index contributed by atoms with van der Waals surface area (Å²) in [7, 11) is 0. The Bertz CT molecular complexity index is 1170. The maximum Gasteiger partial charge on any atom is 0.282 e. The lowest BCUT2D eigenvalue weighted by Gasteiger charge is -2.14. The van der Waals surface area contributed by atoms with E-state index in [9.17, 15) is 9.59 Å². The van der Waals surface area contributed by atoms with Gasteiger partial charge in [-0.15, -0.1) is 0 Å². The van der Waals surface area contributed by atoms with Crippen LogP contribution < -0.4 is 19.9 Å². The third-order valence-electron chi connectivity index (χ3n) is 4.90. The second-order valence-electron chi connectivity index (χ2n) is 7.28. The van der Waals surface area contributed by atoms with Crippen LogP contribution in [-0.4, -0.2) is 38.2 Å². The number of halogens is 1. The number of hydrogen-bond acceptors (Lipinski definition) is 5. The summed E-state index contributed by atoms with van der Waals surface area (Å²) in [5.41, 5.74) is 3.82. The van der Waals surface area contributed by atoms with Crippen molar-refractivity contribution in [3.05, 3.63) is 94.5 Å². The fourth-order valence-electron chi connectivity index (χ4n) is 3.28. The van der Waals surface area contributed by atoms with Crippen LogP contribution in [0.5, 0.6) is 11.5 Å². The lowest BCUT2D eigenvalue weighted by molar-refractivity contribution is -0.117. The molecule has 3 aromatic rings. The van der Waals surface area contributed by atoms with Crippen molar-refractivity contribution in [2.24, 2.45) is 0 Å². The number of anilines is 1. The standard InChI is InChI=1S/C26H23BrN2O5/c27-20-11-12-24(34-16-14-32-13-15-33-22-9-5-2-6-10-22)19(17-20)18-23-25(30)28-29(26(23)31)21-7-3-1-4-8-21/h1-12,17-18H,13-16H2,(H,28,30). The molecule has 0 unspecified atom stereocenters. The molecular weight excluding hydrogens is 500 g/mol. The number of hydrogen-bond donors (Lipinski definition) is 1. The molecule has 1 saturated heterocycles. The van der Waals surface area contributed by atoms with E-state index in [1.165, 1.54) is 11.1 Å². The average molecular weight is 523 g/mol. The molecule has 1 aliphatic rings. The quantitative estimate of drug-likeness (QED) is 0.243. The van der Waals surface area contributed by atoms with Crippen molar-refractivity contribution in [1.29, 1.82) is 0 Å². The minimum atomic E-state index is -0.471. The summed E-state index contributed by atoms with van der Waals surface area (Å²) in [5, 5.41) is 1.23. The summed E-state index contributed by atoms with van der Waals surface area (Å²) in [4.78, 5) is 25.4. The minimum absolute atomic E-state index is 0.0288. The average Bonchev–Trinajstić information content (AvgIpc) is 3.14. The molecule has 1 heterocycles. The molecule has 0 radical (unpaired) electrons. The number of hydrazine groups is 1. The Balaban J connectivity index is 1.34. The van der Waals surface area contributed by atoms with Gasteiger partial charge in [-0.05, 0) is 48.5 Å². The molecule has 1 N–H and O–H groups in total. The van der Waals surface area contributed by atoms with E-state index >= 15 is 0 Å². The Kier molecular flexibility index (Phi) is 7.95. The highest BCUT2D eigenvalue weighted by Gasteiger charge is 2.34. The first kappa shape index (κ1) is 23.5. The molecular formula is C26H23BrN2O5. The van der Waals surface area contributed by atoms with Crippen molar-refractivity contribution in [2.75, 3.05) is 31.4 Å². The van der Waals surface area contributed by atoms with E-state index in [2.05, 4.69) is 21.4 Å². The van der Waals surface area contributed by atoms with E-state index in [0.29, 0.717) is 43.4 Å². The normalized spacial score (nSPS) is 14.4. The van der Waals surface area contributed by atoms with Gasteiger partial charge in [0.15, 0.2) is 0 Å². The molecule has 0 aromatic heterocycles. The van der Waals surface area contributed by atoms with Gasteiger partial charge in [-0.3, -0.25) is 15.0 Å². The molecule has 0 bridgehead atoms. The van der Waals surface area contributed by atoms with Gasteiger partial charge < -0.3 is 14.2 Å². The topological polar surface area (TPSA) is 77.1 Å². The Morgan fingerprint density at radius 2 is 1.50 bits per heavy atom. The van der Waals surface area contributed by atoms with E-state index in [4.69, 9.17) is 14.2 Å². The van der Waals surface area contributed by atoms with Gasteiger partial charge >= 0.3 is 0 Å². The maximum atomic E-state index is 12.9. The van der Waals surface area contributed by atoms with Crippen LogP contribution in [0.3, 0.4) is 0 Å². The molecule has 8 heteroatoms. The highest BCUT2D eigenvalue weighted by molar-refractivity contribution is 9.10. The zero-order chi connectivity index (χ0) is 23.8. The summed E-state index contributed by atoms with van der Waals surface area (Å²) < 4.78 is 17.8. The van der Waals surface area contributed by atoms with Gasteiger partial charge in [0, 0.05) is 10.0 Å². The van der Waals surface area contributed by atoms with Crippen LogP contribution in [-0.2, 0) is 14.3 Å². The smallest absolute Gasteiger partial charge is 0.282 e. The Morgan fingerprint density at radius 1 is 0.824 bits per heavy atom. The van der Waals surface area contributed by atoms with Crippen LogP contribution >= 0.6 is 15.9 Å². The van der Waals surface area contributed by atoms with Crippen molar-refractivity contribution in [3.8, 4) is 11.5 Å². The number of nitrogens with one attached hydrogen (secondary N) is 1. The minimum Gasteiger partial charge on any atom is -0.491 e. The number of amides is 2. The van der Waals surface area contributed by atoms with Crippen molar-refractivity contribution in [2.45, 2.75) is 0 Å². The fourth-order valence-corrected chi connectivity index (χ4v) is 3.66. The number of benzene rings is 3. The molecule has 174 valence electrons. The van der Waals surface area contributed by atoms with Crippen LogP contribution in [0.25, 0.3) is 6.08 Å². The molecule has 1 aliphatic heterocycles. The van der Waals surface area contributed by atoms with Crippen molar-refractivity contribution in [1.82, 2.24) is 5.43 Å². The highest BCUT2D eigenvalue weighted by atomic mass is 79.9. The summed E-state index contributed by atoms with van der Waals surface area (Å²) in [6, 6.07) is 23.9. The van der Waals surface area contributed by atoms with Crippen LogP contribution in [0.4, 0.5) is 5.69 Å². The maximum absolute atomic E-state index is 12.9. The molecule has 3 aromatic carbocycles. The monoisotopic (exact) mass is 522 g/mol. The lowest BCUT2D eigenvalue weighted by atomic mass is 10.1. The summed E-state index contributed by atoms with van der Waals surface area (Å²) in [6.45, 7) is 1.54. The second-order valence-corrected chi connectivity index (χ2v) is 8.20. The number of carbonyl (C=O) groups excluding carboxylic acids is 2. The van der Waals surface area contributed by atoms with Gasteiger partial charge in [-0.1, -0.05) is 52.3 Å². The Labute approximate surface area is 206 Å². The zero-order valence-electron chi connectivity index (χ0n) is 18.3. The molecule has 4 rings (SSSR count). The van der Waals surface area contributed by atoms with Gasteiger partial charge in [0.1, 0.15) is 30.3 Å². The molecule has 0 spiro atoms. The summed E-state index contributed by atoms with van der Waals surface area (Å²) in [6.07, 6.45) is 1.54. The van der Waals surface area contributed by atoms with E-state index in [1.807, 2.05) is 42.5 Å². The molecule has 0 saturated carbocycles. The van der Waals surface area contributed by atoms with Crippen molar-refractivity contribution < 1.29 is 23.8 Å². The third kappa shape index (κ3) is 6.03. The number of carbonyl (C=O) groups is 2. The van der Waals surface area contributed by atoms with Gasteiger partial charge in [-0.25, -0.2) is 5.01 Å². The predicted octanol–water partition coefficient (Wildman–Crippen LogP) is 4.38. The van der Waals surface area contributed by atoms with Crippen LogP contribution in [0, 0.1) is 0 Å². The van der Waals surface area contributed by atoms with E-state index < -0.39 is 11.8 Å². The summed E-state index contributed by atoms with van der Waals surface area (Å²) in [5.74, 6) is 0.440. The first-order valence-electron chi connectivity index (χ1n) is 10.7. The van der Waals surface area contributed by atoms with E-state index in [-0.39, 0.29) is 5.57 Å². The summed E-state index contributed by atoms with van der Waals surface area (Å²) >= 11 is 3.43. The Morgan fingerprint density at radius 3 is 2.24 bits per heavy atom. The Hall–Kier alpha value is -3.62. The van der Waals surface area contributed by atoms with E-state index in [1.54, 1.807) is 36.4 Å². The van der Waals surface area contributed by atoms with Gasteiger partial charge in [-0.2, -0.15) is 0 Å². The number of rotatable bonds is 10. The fraction of sp³-hybridized carbons (Fsp3) is 0.154. The molecule has 0 aliphatic carbocycles. The second kappa shape index (κ2) is 11.5. The first-order valence-corrected chi connectivity index (χ1v) is 11.5. The molecule has 2 amide bonds. The number of para-hydroxylation sites is 2. The molecule has 0 atom stereocenters. The third-order valence-corrected chi connectivity index (χ3v) is 5.40. The van der Waals surface area contributed by atoms with Crippen LogP contribution in [0.2, 0.25) is 0 Å². The molecule has 7 nitrogen and oxygen atoms in total.